The summed E-state index contributed by atoms with van der Waals surface area (Å²) in [6.07, 6.45) is 3.47. The maximum absolute atomic E-state index is 5.62. The van der Waals surface area contributed by atoms with E-state index < -0.39 is 0 Å². The molecule has 1 N–H and O–H groups in total. The molecule has 1 unspecified atom stereocenters. The van der Waals surface area contributed by atoms with Gasteiger partial charge in [0, 0.05) is 13.1 Å². The van der Waals surface area contributed by atoms with Gasteiger partial charge in [0.1, 0.15) is 12.4 Å². The average Bonchev–Trinajstić information content (AvgIpc) is 2.88. The number of hydrogen-bond donors (Lipinski definition) is 1. The zero-order valence-corrected chi connectivity index (χ0v) is 11.0. The van der Waals surface area contributed by atoms with Crippen LogP contribution in [0.1, 0.15) is 6.92 Å². The predicted octanol–water partition coefficient (Wildman–Crippen LogP) is 1.81. The molecule has 2 aromatic rings. The van der Waals surface area contributed by atoms with Crippen LogP contribution in [0, 0.1) is 0 Å². The Kier molecular flexibility index (Phi) is 4.69. The minimum atomic E-state index is 0.00609. The van der Waals surface area contributed by atoms with Gasteiger partial charge in [-0.25, -0.2) is 4.68 Å². The Morgan fingerprint density at radius 1 is 1.42 bits per heavy atom. The van der Waals surface area contributed by atoms with Crippen molar-refractivity contribution in [1.29, 1.82) is 0 Å². The van der Waals surface area contributed by atoms with Crippen LogP contribution in [0.25, 0.3) is 5.69 Å². The zero-order valence-electron chi connectivity index (χ0n) is 11.0. The van der Waals surface area contributed by atoms with Gasteiger partial charge in [0.15, 0.2) is 0 Å². The molecule has 0 saturated carbocycles. The molecular formula is C14H18N4O. The Labute approximate surface area is 112 Å². The molecule has 0 aliphatic rings. The third-order valence-corrected chi connectivity index (χ3v) is 2.52. The summed E-state index contributed by atoms with van der Waals surface area (Å²) in [5, 5.41) is 7.47. The van der Waals surface area contributed by atoms with Gasteiger partial charge in [-0.3, -0.25) is 0 Å². The molecule has 0 radical (unpaired) electrons. The number of ether oxygens (including phenoxy) is 1. The van der Waals surface area contributed by atoms with Gasteiger partial charge in [-0.1, -0.05) is 24.3 Å². The first kappa shape index (κ1) is 13.3. The van der Waals surface area contributed by atoms with Gasteiger partial charge in [-0.15, -0.1) is 11.7 Å². The second kappa shape index (κ2) is 6.70. The van der Waals surface area contributed by atoms with Crippen molar-refractivity contribution in [2.75, 3.05) is 13.1 Å². The quantitative estimate of drug-likeness (QED) is 0.608. The maximum Gasteiger partial charge on any atom is 0.336 e. The highest BCUT2D eigenvalue weighted by Gasteiger charge is 2.08. The lowest BCUT2D eigenvalue weighted by Crippen LogP contribution is -2.29. The van der Waals surface area contributed by atoms with E-state index in [0.29, 0.717) is 6.01 Å². The Hall–Kier alpha value is -2.14. The number of para-hydroxylation sites is 1. The molecule has 2 rings (SSSR count). The van der Waals surface area contributed by atoms with Crippen molar-refractivity contribution in [3.8, 4) is 11.7 Å². The lowest BCUT2D eigenvalue weighted by molar-refractivity contribution is 0.201. The lowest BCUT2D eigenvalue weighted by Gasteiger charge is -2.11. The Balaban J connectivity index is 1.92. The molecule has 0 bridgehead atoms. The highest BCUT2D eigenvalue weighted by atomic mass is 16.5. The van der Waals surface area contributed by atoms with Crippen LogP contribution in [0.15, 0.2) is 49.3 Å². The van der Waals surface area contributed by atoms with Gasteiger partial charge < -0.3 is 10.1 Å². The largest absolute Gasteiger partial charge is 0.458 e. The van der Waals surface area contributed by atoms with Gasteiger partial charge in [0.25, 0.3) is 0 Å². The molecular weight excluding hydrogens is 240 g/mol. The molecule has 1 atom stereocenters. The van der Waals surface area contributed by atoms with E-state index in [1.165, 1.54) is 0 Å². The summed E-state index contributed by atoms with van der Waals surface area (Å²) in [7, 11) is 0. The van der Waals surface area contributed by atoms with Gasteiger partial charge in [0.05, 0.1) is 5.69 Å². The summed E-state index contributed by atoms with van der Waals surface area (Å²) in [5.74, 6) is 0. The Bertz CT molecular complexity index is 509. The van der Waals surface area contributed by atoms with Crippen molar-refractivity contribution in [1.82, 2.24) is 20.1 Å². The summed E-state index contributed by atoms with van der Waals surface area (Å²) < 4.78 is 7.32. The van der Waals surface area contributed by atoms with Gasteiger partial charge in [0.2, 0.25) is 0 Å². The lowest BCUT2D eigenvalue weighted by atomic mass is 10.3. The molecule has 0 amide bonds. The Morgan fingerprint density at radius 2 is 2.21 bits per heavy atom. The van der Waals surface area contributed by atoms with Gasteiger partial charge in [-0.2, -0.15) is 4.98 Å². The smallest absolute Gasteiger partial charge is 0.336 e. The van der Waals surface area contributed by atoms with Crippen LogP contribution in [0.2, 0.25) is 0 Å². The molecule has 0 spiro atoms. The molecule has 1 aromatic carbocycles. The van der Waals surface area contributed by atoms with Crippen LogP contribution < -0.4 is 10.1 Å². The van der Waals surface area contributed by atoms with Crippen LogP contribution in [0.5, 0.6) is 6.01 Å². The number of rotatable bonds is 7. The second-order valence-electron chi connectivity index (χ2n) is 4.18. The summed E-state index contributed by atoms with van der Waals surface area (Å²) in [4.78, 5) is 4.14. The minimum absolute atomic E-state index is 0.00609. The minimum Gasteiger partial charge on any atom is -0.458 e. The molecule has 19 heavy (non-hydrogen) atoms. The van der Waals surface area contributed by atoms with Crippen LogP contribution in [-0.4, -0.2) is 34.0 Å². The summed E-state index contributed by atoms with van der Waals surface area (Å²) in [6, 6.07) is 10.2. The fraction of sp³-hybridized carbons (Fsp3) is 0.286. The molecule has 1 heterocycles. The zero-order chi connectivity index (χ0) is 13.5. The molecule has 5 heteroatoms. The van der Waals surface area contributed by atoms with Crippen molar-refractivity contribution in [2.45, 2.75) is 13.0 Å². The summed E-state index contributed by atoms with van der Waals surface area (Å²) >= 11 is 0. The van der Waals surface area contributed by atoms with Crippen molar-refractivity contribution in [2.24, 2.45) is 0 Å². The number of aromatic nitrogens is 3. The summed E-state index contributed by atoms with van der Waals surface area (Å²) in [5.41, 5.74) is 0.960. The average molecular weight is 258 g/mol. The highest BCUT2D eigenvalue weighted by Crippen LogP contribution is 2.09. The predicted molar refractivity (Wildman–Crippen MR) is 74.5 cm³/mol. The SMILES string of the molecule is C=CCNCC(C)Oc1ncn(-c2ccccc2)n1. The standard InChI is InChI=1S/C14H18N4O/c1-3-9-15-10-12(2)19-14-16-11-18(17-14)13-7-5-4-6-8-13/h3-8,11-12,15H,1,9-10H2,2H3. The van der Waals surface area contributed by atoms with E-state index in [2.05, 4.69) is 22.0 Å². The Morgan fingerprint density at radius 3 is 2.95 bits per heavy atom. The first-order chi connectivity index (χ1) is 9.29. The van der Waals surface area contributed by atoms with Crippen LogP contribution in [-0.2, 0) is 0 Å². The van der Waals surface area contributed by atoms with E-state index in [1.54, 1.807) is 11.0 Å². The van der Waals surface area contributed by atoms with Gasteiger partial charge >= 0.3 is 6.01 Å². The summed E-state index contributed by atoms with van der Waals surface area (Å²) in [6.45, 7) is 7.11. The van der Waals surface area contributed by atoms with Crippen molar-refractivity contribution < 1.29 is 4.74 Å². The molecule has 0 aliphatic carbocycles. The molecule has 0 aliphatic heterocycles. The number of nitrogens with one attached hydrogen (secondary N) is 1. The fourth-order valence-corrected chi connectivity index (χ4v) is 1.62. The molecule has 0 fully saturated rings. The van der Waals surface area contributed by atoms with Gasteiger partial charge in [-0.05, 0) is 19.1 Å². The number of benzene rings is 1. The van der Waals surface area contributed by atoms with Crippen LogP contribution in [0.3, 0.4) is 0 Å². The number of hydrogen-bond acceptors (Lipinski definition) is 4. The monoisotopic (exact) mass is 258 g/mol. The maximum atomic E-state index is 5.62. The highest BCUT2D eigenvalue weighted by molar-refractivity contribution is 5.29. The van der Waals surface area contributed by atoms with Crippen molar-refractivity contribution in [3.05, 3.63) is 49.3 Å². The van der Waals surface area contributed by atoms with Crippen LogP contribution in [0.4, 0.5) is 0 Å². The van der Waals surface area contributed by atoms with E-state index in [4.69, 9.17) is 4.74 Å². The van der Waals surface area contributed by atoms with Crippen molar-refractivity contribution in [3.63, 3.8) is 0 Å². The molecule has 5 nitrogen and oxygen atoms in total. The molecule has 0 saturated heterocycles. The fourth-order valence-electron chi connectivity index (χ4n) is 1.62. The van der Waals surface area contributed by atoms with E-state index in [-0.39, 0.29) is 6.10 Å². The van der Waals surface area contributed by atoms with Crippen LogP contribution >= 0.6 is 0 Å². The first-order valence-electron chi connectivity index (χ1n) is 6.25. The third kappa shape index (κ3) is 3.93. The molecule has 1 aromatic heterocycles. The molecule has 100 valence electrons. The van der Waals surface area contributed by atoms with E-state index in [0.717, 1.165) is 18.8 Å². The topological polar surface area (TPSA) is 52.0 Å². The third-order valence-electron chi connectivity index (χ3n) is 2.52. The van der Waals surface area contributed by atoms with E-state index >= 15 is 0 Å². The first-order valence-corrected chi connectivity index (χ1v) is 6.25. The second-order valence-corrected chi connectivity index (χ2v) is 4.18. The van der Waals surface area contributed by atoms with Crippen molar-refractivity contribution >= 4 is 0 Å². The number of nitrogens with zero attached hydrogens (tertiary/aromatic N) is 3. The normalized spacial score (nSPS) is 12.1. The van der Waals surface area contributed by atoms with E-state index in [1.807, 2.05) is 43.3 Å². The van der Waals surface area contributed by atoms with E-state index in [9.17, 15) is 0 Å².